The number of hydrogen-bond acceptors (Lipinski definition) is 3. The van der Waals surface area contributed by atoms with Crippen molar-refractivity contribution in [2.45, 2.75) is 39.7 Å². The van der Waals surface area contributed by atoms with Gasteiger partial charge in [-0.1, -0.05) is 44.2 Å². The predicted octanol–water partition coefficient (Wildman–Crippen LogP) is 3.35. The summed E-state index contributed by atoms with van der Waals surface area (Å²) in [4.78, 5) is 4.53. The number of nitrogens with zero attached hydrogens (tertiary/aromatic N) is 1. The van der Waals surface area contributed by atoms with E-state index in [4.69, 9.17) is 4.74 Å². The van der Waals surface area contributed by atoms with Crippen LogP contribution in [0.15, 0.2) is 35.3 Å². The maximum absolute atomic E-state index is 10.2. The lowest BCUT2D eigenvalue weighted by Crippen LogP contribution is -2.38. The van der Waals surface area contributed by atoms with Crippen molar-refractivity contribution in [3.05, 3.63) is 35.9 Å². The van der Waals surface area contributed by atoms with Crippen LogP contribution in [0.2, 0.25) is 0 Å². The Labute approximate surface area is 169 Å². The molecule has 3 N–H and O–H groups in total. The molecule has 0 heterocycles. The van der Waals surface area contributed by atoms with Crippen LogP contribution in [0, 0.1) is 5.92 Å². The van der Waals surface area contributed by atoms with Crippen molar-refractivity contribution in [1.82, 2.24) is 10.6 Å². The Kier molecular flexibility index (Phi) is 14.9. The molecule has 0 saturated carbocycles. The van der Waals surface area contributed by atoms with Crippen molar-refractivity contribution in [3.8, 4) is 0 Å². The van der Waals surface area contributed by atoms with Gasteiger partial charge in [-0.05, 0) is 31.2 Å². The highest BCUT2D eigenvalue weighted by molar-refractivity contribution is 14.0. The first-order valence-corrected chi connectivity index (χ1v) is 8.96. The van der Waals surface area contributed by atoms with Crippen LogP contribution in [-0.4, -0.2) is 43.9 Å². The van der Waals surface area contributed by atoms with Crippen LogP contribution in [0.5, 0.6) is 0 Å². The van der Waals surface area contributed by atoms with E-state index in [1.165, 1.54) is 0 Å². The van der Waals surface area contributed by atoms with Crippen LogP contribution in [-0.2, 0) is 4.74 Å². The Bertz CT molecular complexity index is 455. The first-order valence-electron chi connectivity index (χ1n) is 8.96. The van der Waals surface area contributed by atoms with Crippen LogP contribution in [0.1, 0.15) is 45.3 Å². The van der Waals surface area contributed by atoms with Crippen molar-refractivity contribution in [2.75, 3.05) is 32.8 Å². The van der Waals surface area contributed by atoms with Gasteiger partial charge in [0, 0.05) is 32.8 Å². The average Bonchev–Trinajstić information content (AvgIpc) is 2.58. The molecule has 0 aromatic heterocycles. The smallest absolute Gasteiger partial charge is 0.191 e. The molecule has 0 aliphatic carbocycles. The summed E-state index contributed by atoms with van der Waals surface area (Å²) in [5.41, 5.74) is 0.948. The summed E-state index contributed by atoms with van der Waals surface area (Å²) in [5.74, 6) is 1.37. The number of nitrogens with one attached hydrogen (secondary N) is 2. The molecule has 0 bridgehead atoms. The first-order chi connectivity index (χ1) is 11.6. The van der Waals surface area contributed by atoms with Crippen molar-refractivity contribution >= 4 is 29.9 Å². The maximum Gasteiger partial charge on any atom is 0.191 e. The topological polar surface area (TPSA) is 65.9 Å². The highest BCUT2D eigenvalue weighted by Crippen LogP contribution is 2.14. The summed E-state index contributed by atoms with van der Waals surface area (Å²) in [7, 11) is 0. The fraction of sp³-hybridized carbons (Fsp3) is 0.632. The summed E-state index contributed by atoms with van der Waals surface area (Å²) in [6, 6.07) is 9.73. The number of aliphatic hydroxyl groups is 1. The minimum atomic E-state index is -0.453. The second-order valence-corrected chi connectivity index (χ2v) is 6.22. The highest BCUT2D eigenvalue weighted by Gasteiger charge is 2.06. The summed E-state index contributed by atoms with van der Waals surface area (Å²) in [6.07, 6.45) is 1.10. The van der Waals surface area contributed by atoms with Crippen LogP contribution in [0.25, 0.3) is 0 Å². The molecule has 0 saturated heterocycles. The minimum Gasteiger partial charge on any atom is -0.388 e. The Balaban J connectivity index is 0.00000576. The minimum absolute atomic E-state index is 0. The van der Waals surface area contributed by atoms with E-state index in [-0.39, 0.29) is 24.0 Å². The van der Waals surface area contributed by atoms with E-state index in [1.54, 1.807) is 0 Å². The molecule has 1 atom stereocenters. The van der Waals surface area contributed by atoms with Crippen molar-refractivity contribution in [3.63, 3.8) is 0 Å². The number of aliphatic hydroxyl groups excluding tert-OH is 1. The Morgan fingerprint density at radius 1 is 1.20 bits per heavy atom. The van der Waals surface area contributed by atoms with E-state index in [2.05, 4.69) is 29.5 Å². The third-order valence-electron chi connectivity index (χ3n) is 3.41. The van der Waals surface area contributed by atoms with Gasteiger partial charge in [-0.3, -0.25) is 4.99 Å². The largest absolute Gasteiger partial charge is 0.388 e. The van der Waals surface area contributed by atoms with E-state index in [0.717, 1.165) is 44.2 Å². The molecule has 144 valence electrons. The lowest BCUT2D eigenvalue weighted by Gasteiger charge is -2.14. The molecule has 1 aromatic rings. The first kappa shape index (κ1) is 24.1. The average molecular weight is 463 g/mol. The third-order valence-corrected chi connectivity index (χ3v) is 3.41. The lowest BCUT2D eigenvalue weighted by molar-refractivity contribution is 0.109. The molecule has 1 rings (SSSR count). The van der Waals surface area contributed by atoms with Crippen molar-refractivity contribution in [2.24, 2.45) is 10.9 Å². The summed E-state index contributed by atoms with van der Waals surface area (Å²) >= 11 is 0. The Morgan fingerprint density at radius 2 is 1.92 bits per heavy atom. The SMILES string of the molecule is CCNC(=NCCCOCC(C)C)NCCC(O)c1ccccc1.I. The molecule has 0 aliphatic heterocycles. The van der Waals surface area contributed by atoms with E-state index in [9.17, 15) is 5.11 Å². The molecule has 5 nitrogen and oxygen atoms in total. The fourth-order valence-electron chi connectivity index (χ4n) is 2.19. The van der Waals surface area contributed by atoms with Gasteiger partial charge in [-0.15, -0.1) is 24.0 Å². The van der Waals surface area contributed by atoms with Gasteiger partial charge in [-0.2, -0.15) is 0 Å². The second kappa shape index (κ2) is 15.4. The number of hydrogen-bond donors (Lipinski definition) is 3. The number of halogens is 1. The standard InChI is InChI=1S/C19H33N3O2.HI/c1-4-20-19(21-12-8-14-24-15-16(2)3)22-13-11-18(23)17-9-6-5-7-10-17;/h5-7,9-10,16,18,23H,4,8,11-15H2,1-3H3,(H2,20,21,22);1H. The summed E-state index contributed by atoms with van der Waals surface area (Å²) < 4.78 is 5.56. The molecule has 0 radical (unpaired) electrons. The van der Waals surface area contributed by atoms with Gasteiger partial charge in [0.1, 0.15) is 0 Å². The van der Waals surface area contributed by atoms with Crippen LogP contribution >= 0.6 is 24.0 Å². The molecule has 0 amide bonds. The van der Waals surface area contributed by atoms with Crippen molar-refractivity contribution < 1.29 is 9.84 Å². The summed E-state index contributed by atoms with van der Waals surface area (Å²) in [6.45, 7) is 10.1. The summed E-state index contributed by atoms with van der Waals surface area (Å²) in [5, 5.41) is 16.7. The molecule has 0 spiro atoms. The van der Waals surface area contributed by atoms with Gasteiger partial charge in [-0.25, -0.2) is 0 Å². The van der Waals surface area contributed by atoms with Gasteiger partial charge in [0.2, 0.25) is 0 Å². The molecule has 6 heteroatoms. The van der Waals surface area contributed by atoms with Crippen LogP contribution < -0.4 is 10.6 Å². The van der Waals surface area contributed by atoms with Gasteiger partial charge in [0.25, 0.3) is 0 Å². The quantitative estimate of drug-likeness (QED) is 0.204. The number of guanidine groups is 1. The molecule has 0 aliphatic rings. The lowest BCUT2D eigenvalue weighted by atomic mass is 10.1. The van der Waals surface area contributed by atoms with Gasteiger partial charge in [0.15, 0.2) is 5.96 Å². The van der Waals surface area contributed by atoms with Gasteiger partial charge in [0.05, 0.1) is 6.10 Å². The number of benzene rings is 1. The fourth-order valence-corrected chi connectivity index (χ4v) is 2.19. The molecule has 0 fully saturated rings. The highest BCUT2D eigenvalue weighted by atomic mass is 127. The zero-order valence-corrected chi connectivity index (χ0v) is 18.0. The van der Waals surface area contributed by atoms with Gasteiger partial charge >= 0.3 is 0 Å². The molecule has 1 aromatic carbocycles. The Morgan fingerprint density at radius 3 is 2.56 bits per heavy atom. The van der Waals surface area contributed by atoms with E-state index in [0.29, 0.717) is 18.9 Å². The Hall–Kier alpha value is -0.860. The number of ether oxygens (including phenoxy) is 1. The van der Waals surface area contributed by atoms with E-state index >= 15 is 0 Å². The molecule has 1 unspecified atom stereocenters. The van der Waals surface area contributed by atoms with Crippen LogP contribution in [0.3, 0.4) is 0 Å². The number of rotatable bonds is 11. The monoisotopic (exact) mass is 463 g/mol. The van der Waals surface area contributed by atoms with Gasteiger partial charge < -0.3 is 20.5 Å². The van der Waals surface area contributed by atoms with Crippen LogP contribution in [0.4, 0.5) is 0 Å². The zero-order valence-electron chi connectivity index (χ0n) is 15.7. The zero-order chi connectivity index (χ0) is 17.6. The normalized spacial score (nSPS) is 12.6. The molecular formula is C19H34IN3O2. The predicted molar refractivity (Wildman–Crippen MR) is 116 cm³/mol. The van der Waals surface area contributed by atoms with E-state index < -0.39 is 6.10 Å². The second-order valence-electron chi connectivity index (χ2n) is 6.22. The molecular weight excluding hydrogens is 429 g/mol. The maximum atomic E-state index is 10.2. The van der Waals surface area contributed by atoms with Crippen molar-refractivity contribution in [1.29, 1.82) is 0 Å². The number of aliphatic imine (C=N–C) groups is 1. The third kappa shape index (κ3) is 12.2. The molecule has 25 heavy (non-hydrogen) atoms. The van der Waals surface area contributed by atoms with E-state index in [1.807, 2.05) is 37.3 Å².